The van der Waals surface area contributed by atoms with Crippen LogP contribution in [0.25, 0.3) is 0 Å². The Kier molecular flexibility index (Phi) is 4.58. The van der Waals surface area contributed by atoms with E-state index in [-0.39, 0.29) is 23.9 Å². The van der Waals surface area contributed by atoms with E-state index in [1.807, 2.05) is 11.8 Å². The van der Waals surface area contributed by atoms with Crippen LogP contribution in [-0.2, 0) is 4.79 Å². The second kappa shape index (κ2) is 4.68. The molecule has 1 aliphatic heterocycles. The molecule has 0 saturated carbocycles. The molecule has 0 aliphatic carbocycles. The minimum atomic E-state index is -0.762. The first-order chi connectivity index (χ1) is 6.22. The van der Waals surface area contributed by atoms with Gasteiger partial charge in [0, 0.05) is 18.6 Å². The third kappa shape index (κ3) is 3.97. The van der Waals surface area contributed by atoms with Gasteiger partial charge in [0.05, 0.1) is 5.54 Å². The molecule has 1 rings (SSSR count). The minimum absolute atomic E-state index is 0. The number of rotatable bonds is 1. The van der Waals surface area contributed by atoms with Crippen molar-refractivity contribution in [1.82, 2.24) is 4.90 Å². The van der Waals surface area contributed by atoms with Gasteiger partial charge in [0.1, 0.15) is 0 Å². The van der Waals surface area contributed by atoms with Crippen molar-refractivity contribution in [3.05, 3.63) is 0 Å². The Hall–Kier alpha value is -0.320. The zero-order valence-corrected chi connectivity index (χ0v) is 10.6. The first-order valence-electron chi connectivity index (χ1n) is 5.09. The lowest BCUT2D eigenvalue weighted by molar-refractivity contribution is -0.137. The monoisotopic (exact) mass is 235 g/mol. The Bertz CT molecular complexity index is 225. The first-order valence-corrected chi connectivity index (χ1v) is 5.09. The Balaban J connectivity index is 0.00000196. The molecule has 0 spiro atoms. The van der Waals surface area contributed by atoms with Gasteiger partial charge in [-0.05, 0) is 33.6 Å². The molecule has 1 amide bonds. The van der Waals surface area contributed by atoms with Gasteiger partial charge in [0.25, 0.3) is 0 Å². The summed E-state index contributed by atoms with van der Waals surface area (Å²) in [5.41, 5.74) is 10.9. The van der Waals surface area contributed by atoms with Crippen LogP contribution in [0.5, 0.6) is 0 Å². The summed E-state index contributed by atoms with van der Waals surface area (Å²) < 4.78 is 0. The molecule has 4 nitrogen and oxygen atoms in total. The molecule has 1 aliphatic rings. The summed E-state index contributed by atoms with van der Waals surface area (Å²) in [6, 6.07) is 0. The zero-order chi connectivity index (χ0) is 11.0. The third-order valence-electron chi connectivity index (χ3n) is 2.74. The van der Waals surface area contributed by atoms with Crippen LogP contribution in [0.2, 0.25) is 0 Å². The molecule has 4 N–H and O–H groups in total. The summed E-state index contributed by atoms with van der Waals surface area (Å²) >= 11 is 0. The van der Waals surface area contributed by atoms with Crippen molar-refractivity contribution >= 4 is 18.3 Å². The van der Waals surface area contributed by atoms with E-state index in [1.54, 1.807) is 13.8 Å². The fourth-order valence-electron chi connectivity index (χ4n) is 1.63. The predicted molar refractivity (Wildman–Crippen MR) is 63.9 cm³/mol. The highest BCUT2D eigenvalue weighted by atomic mass is 35.5. The van der Waals surface area contributed by atoms with Crippen LogP contribution in [-0.4, -0.2) is 35.0 Å². The van der Waals surface area contributed by atoms with E-state index in [0.29, 0.717) is 0 Å². The van der Waals surface area contributed by atoms with E-state index >= 15 is 0 Å². The van der Waals surface area contributed by atoms with Crippen LogP contribution < -0.4 is 11.5 Å². The van der Waals surface area contributed by atoms with Crippen molar-refractivity contribution < 1.29 is 4.79 Å². The number of hydrogen-bond acceptors (Lipinski definition) is 3. The summed E-state index contributed by atoms with van der Waals surface area (Å²) in [5.74, 6) is 0.0213. The number of hydrogen-bond donors (Lipinski definition) is 2. The van der Waals surface area contributed by atoms with E-state index in [1.165, 1.54) is 0 Å². The number of halogens is 1. The lowest BCUT2D eigenvalue weighted by Crippen LogP contribution is -2.56. The summed E-state index contributed by atoms with van der Waals surface area (Å²) in [5, 5.41) is 0. The second-order valence-corrected chi connectivity index (χ2v) is 5.17. The van der Waals surface area contributed by atoms with Crippen molar-refractivity contribution in [3.8, 4) is 0 Å². The van der Waals surface area contributed by atoms with Crippen molar-refractivity contribution in [1.29, 1.82) is 0 Å². The number of piperidine rings is 1. The predicted octanol–water partition coefficient (Wildman–Crippen LogP) is 0.485. The highest BCUT2D eigenvalue weighted by molar-refractivity contribution is 5.85. The summed E-state index contributed by atoms with van der Waals surface area (Å²) in [6.45, 7) is 6.97. The molecular formula is C10H22ClN3O. The number of carbonyl (C=O) groups excluding carboxylic acids is 1. The van der Waals surface area contributed by atoms with Crippen molar-refractivity contribution in [2.75, 3.05) is 13.1 Å². The van der Waals surface area contributed by atoms with Gasteiger partial charge in [0.15, 0.2) is 0 Å². The summed E-state index contributed by atoms with van der Waals surface area (Å²) in [6.07, 6.45) is 1.71. The quantitative estimate of drug-likeness (QED) is 0.695. The van der Waals surface area contributed by atoms with E-state index in [9.17, 15) is 4.79 Å². The largest absolute Gasteiger partial charge is 0.341 e. The molecule has 1 fully saturated rings. The normalized spacial score (nSPS) is 20.7. The van der Waals surface area contributed by atoms with Crippen LogP contribution in [0.4, 0.5) is 0 Å². The molecule has 0 unspecified atom stereocenters. The van der Waals surface area contributed by atoms with Crippen molar-refractivity contribution in [2.24, 2.45) is 11.5 Å². The maximum atomic E-state index is 11.8. The van der Waals surface area contributed by atoms with Crippen LogP contribution >= 0.6 is 12.4 Å². The topological polar surface area (TPSA) is 72.3 Å². The molecule has 0 aromatic heterocycles. The molecule has 90 valence electrons. The number of amides is 1. The highest BCUT2D eigenvalue weighted by Crippen LogP contribution is 2.20. The third-order valence-corrected chi connectivity index (χ3v) is 2.74. The molecular weight excluding hydrogens is 214 g/mol. The van der Waals surface area contributed by atoms with Crippen LogP contribution in [0.15, 0.2) is 0 Å². The van der Waals surface area contributed by atoms with Crippen molar-refractivity contribution in [3.63, 3.8) is 0 Å². The first kappa shape index (κ1) is 14.7. The van der Waals surface area contributed by atoms with Gasteiger partial charge in [0.2, 0.25) is 5.91 Å². The molecule has 0 atom stereocenters. The average molecular weight is 236 g/mol. The Morgan fingerprint density at radius 1 is 1.33 bits per heavy atom. The van der Waals surface area contributed by atoms with Gasteiger partial charge in [-0.25, -0.2) is 0 Å². The van der Waals surface area contributed by atoms with Gasteiger partial charge in [-0.3, -0.25) is 4.79 Å². The van der Waals surface area contributed by atoms with Gasteiger partial charge in [-0.15, -0.1) is 12.4 Å². The molecule has 0 radical (unpaired) electrons. The maximum absolute atomic E-state index is 11.8. The van der Waals surface area contributed by atoms with Gasteiger partial charge in [-0.2, -0.15) is 0 Å². The molecule has 0 aromatic rings. The molecule has 5 heteroatoms. The van der Waals surface area contributed by atoms with E-state index in [2.05, 4.69) is 0 Å². The van der Waals surface area contributed by atoms with Gasteiger partial charge < -0.3 is 16.4 Å². The number of nitrogens with two attached hydrogens (primary N) is 2. The Morgan fingerprint density at radius 3 is 2.07 bits per heavy atom. The SMILES string of the molecule is CC1(N)CCN(C(=O)C(C)(C)N)CC1.Cl. The maximum Gasteiger partial charge on any atom is 0.242 e. The standard InChI is InChI=1S/C10H21N3O.ClH/c1-9(2,11)8(14)13-6-4-10(3,12)5-7-13;/h4-7,11-12H2,1-3H3;1H. The van der Waals surface area contributed by atoms with Crippen LogP contribution in [0, 0.1) is 0 Å². The smallest absolute Gasteiger partial charge is 0.242 e. The zero-order valence-electron chi connectivity index (χ0n) is 9.75. The molecule has 1 heterocycles. The summed E-state index contributed by atoms with van der Waals surface area (Å²) in [4.78, 5) is 13.6. The van der Waals surface area contributed by atoms with Gasteiger partial charge in [-0.1, -0.05) is 0 Å². The lowest BCUT2D eigenvalue weighted by Gasteiger charge is -2.39. The average Bonchev–Trinajstić information content (AvgIpc) is 2.01. The fourth-order valence-corrected chi connectivity index (χ4v) is 1.63. The Morgan fingerprint density at radius 2 is 1.73 bits per heavy atom. The van der Waals surface area contributed by atoms with E-state index < -0.39 is 5.54 Å². The highest BCUT2D eigenvalue weighted by Gasteiger charge is 2.33. The molecule has 1 saturated heterocycles. The second-order valence-electron chi connectivity index (χ2n) is 5.17. The van der Waals surface area contributed by atoms with Crippen molar-refractivity contribution in [2.45, 2.75) is 44.7 Å². The number of likely N-dealkylation sites (tertiary alicyclic amines) is 1. The molecule has 0 bridgehead atoms. The van der Waals surface area contributed by atoms with Crippen LogP contribution in [0.3, 0.4) is 0 Å². The summed E-state index contributed by atoms with van der Waals surface area (Å²) in [7, 11) is 0. The minimum Gasteiger partial charge on any atom is -0.341 e. The Labute approximate surface area is 97.8 Å². The molecule has 0 aromatic carbocycles. The van der Waals surface area contributed by atoms with Gasteiger partial charge >= 0.3 is 0 Å². The van der Waals surface area contributed by atoms with E-state index in [4.69, 9.17) is 11.5 Å². The van der Waals surface area contributed by atoms with E-state index in [0.717, 1.165) is 25.9 Å². The van der Waals surface area contributed by atoms with Crippen LogP contribution in [0.1, 0.15) is 33.6 Å². The fraction of sp³-hybridized carbons (Fsp3) is 0.900. The number of nitrogens with zero attached hydrogens (tertiary/aromatic N) is 1. The lowest BCUT2D eigenvalue weighted by atomic mass is 9.90. The molecule has 15 heavy (non-hydrogen) atoms. The number of carbonyl (C=O) groups is 1.